The molecule has 198 valence electrons. The monoisotopic (exact) mass is 537 g/mol. The van der Waals surface area contributed by atoms with Gasteiger partial charge < -0.3 is 19.6 Å². The molecule has 9 nitrogen and oxygen atoms in total. The van der Waals surface area contributed by atoms with E-state index in [0.717, 1.165) is 12.3 Å². The second-order valence-corrected chi connectivity index (χ2v) is 10.9. The lowest BCUT2D eigenvalue weighted by atomic mass is 10.0. The van der Waals surface area contributed by atoms with Crippen molar-refractivity contribution in [3.05, 3.63) is 29.7 Å². The maximum absolute atomic E-state index is 14.6. The average molecular weight is 538 g/mol. The van der Waals surface area contributed by atoms with Crippen molar-refractivity contribution in [1.82, 2.24) is 15.0 Å². The molecule has 2 saturated heterocycles. The number of nitrogens with one attached hydrogen (secondary N) is 1. The average Bonchev–Trinajstić information content (AvgIpc) is 3.23. The zero-order valence-electron chi connectivity index (χ0n) is 19.2. The highest BCUT2D eigenvalue weighted by molar-refractivity contribution is 7.90. The third-order valence-electron chi connectivity index (χ3n) is 6.32. The molecular formula is C21H24F5N5O4S. The fourth-order valence-corrected chi connectivity index (χ4v) is 5.24. The highest BCUT2D eigenvalue weighted by Crippen LogP contribution is 2.31. The molecular weight excluding hydrogens is 513 g/mol. The number of aromatic nitrogens is 2. The van der Waals surface area contributed by atoms with E-state index >= 15 is 0 Å². The van der Waals surface area contributed by atoms with Crippen LogP contribution in [0.2, 0.25) is 0 Å². The molecule has 0 aliphatic carbocycles. The first-order chi connectivity index (χ1) is 16.8. The molecule has 0 bridgehead atoms. The summed E-state index contributed by atoms with van der Waals surface area (Å²) in [5, 5.41) is 6.12. The van der Waals surface area contributed by atoms with Gasteiger partial charge in [0.15, 0.2) is 9.84 Å². The van der Waals surface area contributed by atoms with Crippen LogP contribution in [0.4, 0.5) is 33.6 Å². The van der Waals surface area contributed by atoms with E-state index in [0.29, 0.717) is 57.8 Å². The van der Waals surface area contributed by atoms with Gasteiger partial charge in [-0.3, -0.25) is 4.79 Å². The minimum absolute atomic E-state index is 0.169. The molecule has 1 atom stereocenters. The van der Waals surface area contributed by atoms with Crippen LogP contribution in [0.1, 0.15) is 38.0 Å². The van der Waals surface area contributed by atoms with Crippen LogP contribution in [-0.4, -0.2) is 67.3 Å². The highest BCUT2D eigenvalue weighted by Gasteiger charge is 2.40. The van der Waals surface area contributed by atoms with Gasteiger partial charge in [0.1, 0.15) is 22.6 Å². The van der Waals surface area contributed by atoms with Gasteiger partial charge in [0.2, 0.25) is 5.91 Å². The van der Waals surface area contributed by atoms with Crippen LogP contribution in [0.3, 0.4) is 0 Å². The molecule has 1 amide bonds. The number of amides is 1. The van der Waals surface area contributed by atoms with Gasteiger partial charge in [0, 0.05) is 38.0 Å². The molecule has 0 saturated carbocycles. The van der Waals surface area contributed by atoms with E-state index in [1.165, 1.54) is 0 Å². The normalized spacial score (nSPS) is 20.5. The molecule has 1 unspecified atom stereocenters. The summed E-state index contributed by atoms with van der Waals surface area (Å²) in [5.41, 5.74) is -0.313. The highest BCUT2D eigenvalue weighted by atomic mass is 32.2. The summed E-state index contributed by atoms with van der Waals surface area (Å²) in [5.74, 6) is -4.02. The van der Waals surface area contributed by atoms with Crippen LogP contribution < -0.4 is 10.2 Å². The van der Waals surface area contributed by atoms with Crippen LogP contribution in [0.5, 0.6) is 0 Å². The van der Waals surface area contributed by atoms with Crippen molar-refractivity contribution in [1.29, 1.82) is 0 Å². The number of alkyl halides is 3. The molecule has 4 rings (SSSR count). The number of sulfone groups is 1. The maximum Gasteiger partial charge on any atom is 0.471 e. The summed E-state index contributed by atoms with van der Waals surface area (Å²) >= 11 is 0. The first kappa shape index (κ1) is 26.1. The van der Waals surface area contributed by atoms with Gasteiger partial charge in [0.05, 0.1) is 5.69 Å². The number of hydrogen-bond acceptors (Lipinski definition) is 8. The van der Waals surface area contributed by atoms with E-state index in [-0.39, 0.29) is 23.6 Å². The Hall–Kier alpha value is -2.97. The third-order valence-corrected chi connectivity index (χ3v) is 7.43. The molecule has 1 aromatic heterocycles. The summed E-state index contributed by atoms with van der Waals surface area (Å²) in [6, 6.07) is 0.255. The number of hydrogen-bond donors (Lipinski definition) is 1. The van der Waals surface area contributed by atoms with Crippen LogP contribution in [-0.2, 0) is 20.8 Å². The second kappa shape index (κ2) is 9.82. The molecule has 2 aromatic rings. The Kier molecular flexibility index (Phi) is 7.12. The molecule has 0 radical (unpaired) electrons. The number of halogens is 5. The Morgan fingerprint density at radius 3 is 2.36 bits per heavy atom. The molecule has 15 heteroatoms. The molecule has 1 aromatic carbocycles. The number of carbonyl (C=O) groups is 1. The van der Waals surface area contributed by atoms with Gasteiger partial charge >= 0.3 is 12.1 Å². The van der Waals surface area contributed by atoms with Crippen molar-refractivity contribution in [2.75, 3.05) is 36.1 Å². The molecule has 36 heavy (non-hydrogen) atoms. The summed E-state index contributed by atoms with van der Waals surface area (Å²) in [7, 11) is -3.97. The predicted octanol–water partition coefficient (Wildman–Crippen LogP) is 3.23. The first-order valence-electron chi connectivity index (χ1n) is 11.3. The largest absolute Gasteiger partial charge is 0.471 e. The summed E-state index contributed by atoms with van der Waals surface area (Å²) < 4.78 is 94.6. The third kappa shape index (κ3) is 5.55. The van der Waals surface area contributed by atoms with Crippen molar-refractivity contribution < 1.29 is 39.7 Å². The standard InChI is InChI=1S/C21H24F5N5O4S/c1-36(33,34)17-11-13(22)16(10-14(17)23)27-15-4-2-3-7-31(18(15)32)12-5-8-30(9-6-12)20-28-19(35-29-20)21(24,25)26/h10-12,15,27H,2-9H2,1H3. The summed E-state index contributed by atoms with van der Waals surface area (Å²) in [4.78, 5) is 19.2. The van der Waals surface area contributed by atoms with E-state index in [1.807, 2.05) is 0 Å². The Labute approximate surface area is 203 Å². The van der Waals surface area contributed by atoms with Gasteiger partial charge in [-0.1, -0.05) is 0 Å². The predicted molar refractivity (Wildman–Crippen MR) is 117 cm³/mol. The lowest BCUT2D eigenvalue weighted by molar-refractivity contribution is -0.159. The zero-order valence-corrected chi connectivity index (χ0v) is 20.0. The van der Waals surface area contributed by atoms with Crippen LogP contribution in [0.15, 0.2) is 21.6 Å². The number of nitrogens with zero attached hydrogens (tertiary/aromatic N) is 4. The Balaban J connectivity index is 1.43. The van der Waals surface area contributed by atoms with Crippen molar-refractivity contribution >= 4 is 27.4 Å². The number of likely N-dealkylation sites (tertiary alicyclic amines) is 1. The first-order valence-corrected chi connectivity index (χ1v) is 13.2. The number of benzene rings is 1. The fourth-order valence-electron chi connectivity index (χ4n) is 4.51. The summed E-state index contributed by atoms with van der Waals surface area (Å²) in [6.07, 6.45) is -1.38. The lowest BCUT2D eigenvalue weighted by Gasteiger charge is -2.38. The molecule has 0 spiro atoms. The molecule has 3 heterocycles. The number of anilines is 2. The molecule has 2 aliphatic rings. The van der Waals surface area contributed by atoms with Gasteiger partial charge in [-0.2, -0.15) is 18.2 Å². The zero-order chi connectivity index (χ0) is 26.3. The molecule has 1 N–H and O–H groups in total. The van der Waals surface area contributed by atoms with E-state index in [9.17, 15) is 35.2 Å². The van der Waals surface area contributed by atoms with Gasteiger partial charge in [-0.05, 0) is 43.3 Å². The van der Waals surface area contributed by atoms with E-state index < -0.39 is 44.5 Å². The van der Waals surface area contributed by atoms with Crippen molar-refractivity contribution in [2.45, 2.75) is 55.3 Å². The minimum atomic E-state index is -4.74. The van der Waals surface area contributed by atoms with Crippen molar-refractivity contribution in [2.24, 2.45) is 0 Å². The second-order valence-electron chi connectivity index (χ2n) is 8.87. The SMILES string of the molecule is CS(=O)(=O)c1cc(F)c(NC2CCCCN(C3CCN(c4noc(C(F)(F)F)n4)CC3)C2=O)cc1F. The smallest absolute Gasteiger partial charge is 0.371 e. The Morgan fingerprint density at radius 2 is 1.75 bits per heavy atom. The van der Waals surface area contributed by atoms with E-state index in [1.54, 1.807) is 9.80 Å². The number of rotatable bonds is 5. The Bertz CT molecular complexity index is 1230. The quantitative estimate of drug-likeness (QED) is 0.580. The maximum atomic E-state index is 14.6. The van der Waals surface area contributed by atoms with Crippen LogP contribution >= 0.6 is 0 Å². The van der Waals surface area contributed by atoms with Gasteiger partial charge in [0.25, 0.3) is 5.95 Å². The topological polar surface area (TPSA) is 109 Å². The number of carbonyl (C=O) groups excluding carboxylic acids is 1. The molecule has 2 aliphatic heterocycles. The fraction of sp³-hybridized carbons (Fsp3) is 0.571. The van der Waals surface area contributed by atoms with Crippen molar-refractivity contribution in [3.63, 3.8) is 0 Å². The van der Waals surface area contributed by atoms with E-state index in [4.69, 9.17) is 0 Å². The van der Waals surface area contributed by atoms with Crippen LogP contribution in [0, 0.1) is 11.6 Å². The number of piperidine rings is 1. The summed E-state index contributed by atoms with van der Waals surface area (Å²) in [6.45, 7) is 1.05. The Morgan fingerprint density at radius 1 is 1.06 bits per heavy atom. The van der Waals surface area contributed by atoms with Crippen LogP contribution in [0.25, 0.3) is 0 Å². The minimum Gasteiger partial charge on any atom is -0.371 e. The van der Waals surface area contributed by atoms with E-state index in [2.05, 4.69) is 20.0 Å². The lowest BCUT2D eigenvalue weighted by Crippen LogP contribution is -2.51. The van der Waals surface area contributed by atoms with Crippen molar-refractivity contribution in [3.8, 4) is 0 Å². The molecule has 2 fully saturated rings. The van der Waals surface area contributed by atoms with Gasteiger partial charge in [-0.15, -0.1) is 0 Å². The van der Waals surface area contributed by atoms with Gasteiger partial charge in [-0.25, -0.2) is 17.2 Å².